The summed E-state index contributed by atoms with van der Waals surface area (Å²) in [4.78, 5) is 10.5. The van der Waals surface area contributed by atoms with Gasteiger partial charge in [0.1, 0.15) is 0 Å². The van der Waals surface area contributed by atoms with E-state index in [4.69, 9.17) is 5.14 Å². The zero-order chi connectivity index (χ0) is 22.1. The number of nitrogens with two attached hydrogens (primary N) is 1. The number of hydrogen-bond acceptors (Lipinski definition) is 5. The number of benzene rings is 2. The fourth-order valence-corrected chi connectivity index (χ4v) is 3.75. The molecule has 9 heteroatoms. The van der Waals surface area contributed by atoms with Crippen molar-refractivity contribution < 1.29 is 13.3 Å². The van der Waals surface area contributed by atoms with Crippen molar-refractivity contribution in [2.75, 3.05) is 0 Å². The molecule has 1 aromatic heterocycles. The van der Waals surface area contributed by atoms with E-state index in [2.05, 4.69) is 6.07 Å². The molecular weight excluding hydrogens is 404 g/mol. The topological polar surface area (TPSA) is 132 Å². The number of nitriles is 1. The van der Waals surface area contributed by atoms with Gasteiger partial charge in [-0.05, 0) is 61.4 Å². The van der Waals surface area contributed by atoms with Crippen LogP contribution in [-0.2, 0) is 10.0 Å². The average Bonchev–Trinajstić information content (AvgIpc) is 2.98. The SMILES string of the molecule is Cc1cc(/C=C(/C#N)c2cccc([N+](=O)[O-])c2)c(C)n1-c1ccc(S(N)(=O)=O)cc1. The molecule has 0 amide bonds. The molecule has 0 unspecified atom stereocenters. The number of nitrogens with zero attached hydrogens (tertiary/aromatic N) is 3. The molecule has 0 atom stereocenters. The summed E-state index contributed by atoms with van der Waals surface area (Å²) in [5.74, 6) is 0. The van der Waals surface area contributed by atoms with Crippen LogP contribution in [0.15, 0.2) is 59.5 Å². The quantitative estimate of drug-likeness (QED) is 0.380. The summed E-state index contributed by atoms with van der Waals surface area (Å²) >= 11 is 0. The maximum absolute atomic E-state index is 11.5. The lowest BCUT2D eigenvalue weighted by Crippen LogP contribution is -2.12. The highest BCUT2D eigenvalue weighted by Gasteiger charge is 2.14. The van der Waals surface area contributed by atoms with E-state index in [0.29, 0.717) is 11.1 Å². The molecule has 0 saturated carbocycles. The molecule has 0 bridgehead atoms. The normalized spacial score (nSPS) is 11.9. The Hall–Kier alpha value is -3.74. The average molecular weight is 422 g/mol. The maximum atomic E-state index is 11.5. The molecule has 0 saturated heterocycles. The predicted octanol–water partition coefficient (Wildman–Crippen LogP) is 3.71. The summed E-state index contributed by atoms with van der Waals surface area (Å²) in [6.07, 6.45) is 1.68. The molecule has 30 heavy (non-hydrogen) atoms. The second kappa shape index (κ2) is 7.94. The fourth-order valence-electron chi connectivity index (χ4n) is 3.24. The Morgan fingerprint density at radius 2 is 1.83 bits per heavy atom. The van der Waals surface area contributed by atoms with Crippen LogP contribution in [0.4, 0.5) is 5.69 Å². The molecule has 0 radical (unpaired) electrons. The summed E-state index contributed by atoms with van der Waals surface area (Å²) < 4.78 is 24.8. The lowest BCUT2D eigenvalue weighted by molar-refractivity contribution is -0.384. The number of sulfonamides is 1. The van der Waals surface area contributed by atoms with Gasteiger partial charge in [0.05, 0.1) is 21.5 Å². The first-order valence-corrected chi connectivity index (χ1v) is 10.4. The first-order valence-electron chi connectivity index (χ1n) is 8.80. The molecule has 1 heterocycles. The number of hydrogen-bond donors (Lipinski definition) is 1. The molecule has 2 N–H and O–H groups in total. The lowest BCUT2D eigenvalue weighted by atomic mass is 10.0. The summed E-state index contributed by atoms with van der Waals surface area (Å²) in [6.45, 7) is 3.76. The standard InChI is InChI=1S/C21H18N4O4S/c1-14-10-17(11-18(13-22)16-4-3-5-20(12-16)25(26)27)15(2)24(14)19-6-8-21(9-7-19)30(23,28)29/h3-12H,1-2H3,(H2,23,28,29)/b18-11-. The van der Waals surface area contributed by atoms with Gasteiger partial charge in [-0.25, -0.2) is 13.6 Å². The van der Waals surface area contributed by atoms with E-state index in [9.17, 15) is 23.8 Å². The van der Waals surface area contributed by atoms with Crippen LogP contribution in [0.2, 0.25) is 0 Å². The van der Waals surface area contributed by atoms with Crippen LogP contribution >= 0.6 is 0 Å². The zero-order valence-corrected chi connectivity index (χ0v) is 17.1. The van der Waals surface area contributed by atoms with Gasteiger partial charge in [0, 0.05) is 29.2 Å². The van der Waals surface area contributed by atoms with Gasteiger partial charge in [-0.15, -0.1) is 0 Å². The van der Waals surface area contributed by atoms with Crippen molar-refractivity contribution in [1.82, 2.24) is 4.57 Å². The minimum Gasteiger partial charge on any atom is -0.318 e. The largest absolute Gasteiger partial charge is 0.318 e. The van der Waals surface area contributed by atoms with Crippen LogP contribution in [0.25, 0.3) is 17.3 Å². The molecule has 0 aliphatic rings. The summed E-state index contributed by atoms with van der Waals surface area (Å²) in [5.41, 5.74) is 3.87. The number of rotatable bonds is 5. The van der Waals surface area contributed by atoms with Crippen molar-refractivity contribution in [3.8, 4) is 11.8 Å². The van der Waals surface area contributed by atoms with Crippen LogP contribution < -0.4 is 5.14 Å². The van der Waals surface area contributed by atoms with Gasteiger partial charge < -0.3 is 4.57 Å². The van der Waals surface area contributed by atoms with Crippen LogP contribution in [0.5, 0.6) is 0 Å². The molecule has 3 rings (SSSR count). The van der Waals surface area contributed by atoms with E-state index in [1.54, 1.807) is 24.3 Å². The molecule has 8 nitrogen and oxygen atoms in total. The van der Waals surface area contributed by atoms with E-state index < -0.39 is 14.9 Å². The van der Waals surface area contributed by atoms with E-state index in [-0.39, 0.29) is 10.6 Å². The van der Waals surface area contributed by atoms with Crippen LogP contribution in [0, 0.1) is 35.3 Å². The number of allylic oxidation sites excluding steroid dienone is 1. The van der Waals surface area contributed by atoms with Crippen molar-refractivity contribution in [2.24, 2.45) is 5.14 Å². The van der Waals surface area contributed by atoms with E-state index >= 15 is 0 Å². The van der Waals surface area contributed by atoms with E-state index in [1.807, 2.05) is 24.5 Å². The molecule has 0 aliphatic carbocycles. The third kappa shape index (κ3) is 4.15. The van der Waals surface area contributed by atoms with Gasteiger partial charge in [-0.3, -0.25) is 10.1 Å². The second-order valence-electron chi connectivity index (χ2n) is 6.68. The third-order valence-electron chi connectivity index (χ3n) is 4.68. The van der Waals surface area contributed by atoms with Gasteiger partial charge >= 0.3 is 0 Å². The number of aromatic nitrogens is 1. The lowest BCUT2D eigenvalue weighted by Gasteiger charge is -2.10. The van der Waals surface area contributed by atoms with Crippen LogP contribution in [0.1, 0.15) is 22.5 Å². The van der Waals surface area contributed by atoms with Gasteiger partial charge in [0.25, 0.3) is 5.69 Å². The number of aryl methyl sites for hydroxylation is 1. The van der Waals surface area contributed by atoms with Crippen LogP contribution in [0.3, 0.4) is 0 Å². The Bertz CT molecular complexity index is 1310. The Labute approximate surface area is 173 Å². The summed E-state index contributed by atoms with van der Waals surface area (Å²) in [5, 5.41) is 25.8. The van der Waals surface area contributed by atoms with Gasteiger partial charge in [0.2, 0.25) is 10.0 Å². The summed E-state index contributed by atoms with van der Waals surface area (Å²) in [6, 6.07) is 16.1. The first kappa shape index (κ1) is 21.0. The first-order chi connectivity index (χ1) is 14.1. The van der Waals surface area contributed by atoms with Crippen molar-refractivity contribution in [3.05, 3.63) is 87.2 Å². The van der Waals surface area contributed by atoms with Gasteiger partial charge in [-0.1, -0.05) is 12.1 Å². The number of nitro groups is 1. The molecule has 3 aromatic rings. The molecular formula is C21H18N4O4S. The van der Waals surface area contributed by atoms with Crippen molar-refractivity contribution >= 4 is 27.4 Å². The highest BCUT2D eigenvalue weighted by atomic mass is 32.2. The van der Waals surface area contributed by atoms with E-state index in [1.165, 1.54) is 30.3 Å². The number of nitro benzene ring substituents is 1. The van der Waals surface area contributed by atoms with Gasteiger partial charge in [-0.2, -0.15) is 5.26 Å². The van der Waals surface area contributed by atoms with Gasteiger partial charge in [0.15, 0.2) is 0 Å². The smallest absolute Gasteiger partial charge is 0.270 e. The predicted molar refractivity (Wildman–Crippen MR) is 113 cm³/mol. The number of primary sulfonamides is 1. The minimum absolute atomic E-state index is 0.0197. The van der Waals surface area contributed by atoms with Crippen LogP contribution in [-0.4, -0.2) is 17.9 Å². The molecule has 0 spiro atoms. The highest BCUT2D eigenvalue weighted by molar-refractivity contribution is 7.89. The Morgan fingerprint density at radius 3 is 2.40 bits per heavy atom. The third-order valence-corrected chi connectivity index (χ3v) is 5.61. The molecule has 0 aliphatic heterocycles. The Balaban J connectivity index is 2.06. The zero-order valence-electron chi connectivity index (χ0n) is 16.2. The van der Waals surface area contributed by atoms with Crippen molar-refractivity contribution in [1.29, 1.82) is 5.26 Å². The summed E-state index contributed by atoms with van der Waals surface area (Å²) in [7, 11) is -3.78. The fraction of sp³-hybridized carbons (Fsp3) is 0.0952. The maximum Gasteiger partial charge on any atom is 0.270 e. The Kier molecular flexibility index (Phi) is 5.56. The molecule has 152 valence electrons. The second-order valence-corrected chi connectivity index (χ2v) is 8.24. The van der Waals surface area contributed by atoms with E-state index in [0.717, 1.165) is 22.6 Å². The van der Waals surface area contributed by atoms with Crippen molar-refractivity contribution in [3.63, 3.8) is 0 Å². The molecule has 2 aromatic carbocycles. The highest BCUT2D eigenvalue weighted by Crippen LogP contribution is 2.27. The number of non-ortho nitro benzene ring substituents is 1. The minimum atomic E-state index is -3.78. The van der Waals surface area contributed by atoms with Crippen molar-refractivity contribution in [2.45, 2.75) is 18.7 Å². The molecule has 0 fully saturated rings. The monoisotopic (exact) mass is 422 g/mol. The Morgan fingerprint density at radius 1 is 1.17 bits per heavy atom.